The monoisotopic (exact) mass is 407 g/mol. The summed E-state index contributed by atoms with van der Waals surface area (Å²) >= 11 is 10.4. The van der Waals surface area contributed by atoms with E-state index in [0.717, 1.165) is 27.4 Å². The van der Waals surface area contributed by atoms with E-state index in [4.69, 9.17) is 11.6 Å². The van der Waals surface area contributed by atoms with Crippen LogP contribution in [-0.2, 0) is 11.3 Å². The Labute approximate surface area is 151 Å². The smallest absolute Gasteiger partial charge is 0.268 e. The molecule has 6 heteroatoms. The minimum Gasteiger partial charge on any atom is -0.268 e. The van der Waals surface area contributed by atoms with Crippen molar-refractivity contribution in [1.29, 1.82) is 0 Å². The number of nitrogens with zero attached hydrogens (tertiary/aromatic N) is 1. The van der Waals surface area contributed by atoms with E-state index in [1.165, 1.54) is 4.90 Å². The fourth-order valence-electron chi connectivity index (χ4n) is 2.18. The number of hydrogen-bond donors (Lipinski definition) is 0. The van der Waals surface area contributed by atoms with E-state index in [2.05, 4.69) is 15.9 Å². The average Bonchev–Trinajstić information content (AvgIpc) is 2.77. The van der Waals surface area contributed by atoms with Crippen molar-refractivity contribution >= 4 is 56.5 Å². The molecular formula is C17H11BrClNO2S. The number of amides is 2. The molecule has 1 fully saturated rings. The summed E-state index contributed by atoms with van der Waals surface area (Å²) in [5.41, 5.74) is 1.61. The minimum atomic E-state index is -0.292. The first-order valence-electron chi connectivity index (χ1n) is 6.79. The number of rotatable bonds is 3. The average molecular weight is 409 g/mol. The second-order valence-corrected chi connectivity index (χ2v) is 7.23. The summed E-state index contributed by atoms with van der Waals surface area (Å²) < 4.78 is 0.918. The molecule has 1 heterocycles. The van der Waals surface area contributed by atoms with E-state index < -0.39 is 0 Å². The number of halogens is 2. The zero-order chi connectivity index (χ0) is 16.4. The Morgan fingerprint density at radius 1 is 1.13 bits per heavy atom. The van der Waals surface area contributed by atoms with E-state index in [1.54, 1.807) is 12.1 Å². The first-order chi connectivity index (χ1) is 11.0. The third-order valence-corrected chi connectivity index (χ3v) is 5.08. The molecule has 0 spiro atoms. The Morgan fingerprint density at radius 3 is 2.65 bits per heavy atom. The maximum Gasteiger partial charge on any atom is 0.293 e. The van der Waals surface area contributed by atoms with Crippen molar-refractivity contribution in [2.75, 3.05) is 0 Å². The quantitative estimate of drug-likeness (QED) is 0.643. The van der Waals surface area contributed by atoms with E-state index >= 15 is 0 Å². The predicted octanol–water partition coefficient (Wildman–Crippen LogP) is 5.34. The van der Waals surface area contributed by atoms with Crippen LogP contribution in [0.3, 0.4) is 0 Å². The van der Waals surface area contributed by atoms with Crippen LogP contribution in [0.2, 0.25) is 5.02 Å². The van der Waals surface area contributed by atoms with Gasteiger partial charge in [-0.2, -0.15) is 0 Å². The van der Waals surface area contributed by atoms with Gasteiger partial charge in [-0.15, -0.1) is 0 Å². The first-order valence-corrected chi connectivity index (χ1v) is 8.77. The Kier molecular flexibility index (Phi) is 4.90. The highest BCUT2D eigenvalue weighted by Gasteiger charge is 2.35. The fraction of sp³-hybridized carbons (Fsp3) is 0.0588. The zero-order valence-electron chi connectivity index (χ0n) is 11.8. The van der Waals surface area contributed by atoms with Crippen molar-refractivity contribution < 1.29 is 9.59 Å². The van der Waals surface area contributed by atoms with Crippen LogP contribution in [0.25, 0.3) is 6.08 Å². The van der Waals surface area contributed by atoms with Gasteiger partial charge in [-0.1, -0.05) is 57.9 Å². The number of carbonyl (C=O) groups is 2. The third kappa shape index (κ3) is 3.68. The van der Waals surface area contributed by atoms with E-state index in [-0.39, 0.29) is 17.7 Å². The van der Waals surface area contributed by atoms with E-state index in [0.29, 0.717) is 9.93 Å². The lowest BCUT2D eigenvalue weighted by Gasteiger charge is -2.13. The molecule has 0 N–H and O–H groups in total. The van der Waals surface area contributed by atoms with Gasteiger partial charge in [-0.25, -0.2) is 0 Å². The highest BCUT2D eigenvalue weighted by atomic mass is 79.9. The van der Waals surface area contributed by atoms with Crippen molar-refractivity contribution in [1.82, 2.24) is 4.90 Å². The molecule has 0 unspecified atom stereocenters. The number of hydrogen-bond acceptors (Lipinski definition) is 3. The van der Waals surface area contributed by atoms with Crippen molar-refractivity contribution in [3.8, 4) is 0 Å². The highest BCUT2D eigenvalue weighted by Crippen LogP contribution is 2.34. The molecule has 0 bridgehead atoms. The van der Waals surface area contributed by atoms with E-state index in [9.17, 15) is 9.59 Å². The second kappa shape index (κ2) is 6.91. The third-order valence-electron chi connectivity index (χ3n) is 3.31. The van der Waals surface area contributed by atoms with E-state index in [1.807, 2.05) is 42.5 Å². The van der Waals surface area contributed by atoms with Gasteiger partial charge >= 0.3 is 0 Å². The summed E-state index contributed by atoms with van der Waals surface area (Å²) in [6, 6.07) is 14.8. The number of thioether (sulfide) groups is 1. The maximum atomic E-state index is 12.5. The molecule has 2 aromatic carbocycles. The van der Waals surface area contributed by atoms with Gasteiger partial charge in [0.15, 0.2) is 0 Å². The molecule has 2 aromatic rings. The molecule has 1 aliphatic rings. The van der Waals surface area contributed by atoms with Gasteiger partial charge in [-0.3, -0.25) is 14.5 Å². The highest BCUT2D eigenvalue weighted by molar-refractivity contribution is 9.10. The topological polar surface area (TPSA) is 37.4 Å². The van der Waals surface area contributed by atoms with Crippen LogP contribution in [0, 0.1) is 0 Å². The summed E-state index contributed by atoms with van der Waals surface area (Å²) in [6.07, 6.45) is 1.72. The standard InChI is InChI=1S/C17H11BrClNO2S/c18-13-6-3-4-11(8-13)9-15-16(21)20(17(22)23-15)10-12-5-1-2-7-14(12)19/h1-9H,10H2/b15-9-. The lowest BCUT2D eigenvalue weighted by molar-refractivity contribution is -0.123. The molecule has 0 saturated carbocycles. The summed E-state index contributed by atoms with van der Waals surface area (Å²) in [5, 5.41) is 0.263. The van der Waals surface area contributed by atoms with Crippen LogP contribution in [0.5, 0.6) is 0 Å². The SMILES string of the molecule is O=C1S/C(=C\c2cccc(Br)c2)C(=O)N1Cc1ccccc1Cl. The van der Waals surface area contributed by atoms with Crippen LogP contribution >= 0.6 is 39.3 Å². The number of carbonyl (C=O) groups excluding carboxylic acids is 2. The first kappa shape index (κ1) is 16.3. The van der Waals surface area contributed by atoms with Gasteiger partial charge in [0, 0.05) is 9.50 Å². The molecule has 0 atom stereocenters. The Hall–Kier alpha value is -1.56. The molecule has 0 aliphatic carbocycles. The normalized spacial score (nSPS) is 16.4. The molecule has 116 valence electrons. The predicted molar refractivity (Wildman–Crippen MR) is 97.1 cm³/mol. The van der Waals surface area contributed by atoms with Gasteiger partial charge in [0.05, 0.1) is 11.4 Å². The summed E-state index contributed by atoms with van der Waals surface area (Å²) in [5.74, 6) is -0.292. The Bertz CT molecular complexity index is 822. The van der Waals surface area contributed by atoms with Gasteiger partial charge in [0.2, 0.25) is 0 Å². The van der Waals surface area contributed by atoms with Crippen molar-refractivity contribution in [2.24, 2.45) is 0 Å². The van der Waals surface area contributed by atoms with Crippen LogP contribution in [-0.4, -0.2) is 16.0 Å². The molecule has 23 heavy (non-hydrogen) atoms. The van der Waals surface area contributed by atoms with Crippen molar-refractivity contribution in [3.63, 3.8) is 0 Å². The number of imide groups is 1. The Morgan fingerprint density at radius 2 is 1.91 bits per heavy atom. The van der Waals surface area contributed by atoms with Gasteiger partial charge < -0.3 is 0 Å². The summed E-state index contributed by atoms with van der Waals surface area (Å²) in [6.45, 7) is 0.181. The second-order valence-electron chi connectivity index (χ2n) is 4.91. The van der Waals surface area contributed by atoms with Crippen LogP contribution in [0.15, 0.2) is 57.9 Å². The molecule has 0 radical (unpaired) electrons. The Balaban J connectivity index is 1.84. The number of benzene rings is 2. The largest absolute Gasteiger partial charge is 0.293 e. The van der Waals surface area contributed by atoms with Crippen molar-refractivity contribution in [3.05, 3.63) is 74.1 Å². The molecule has 0 aromatic heterocycles. The molecule has 1 saturated heterocycles. The van der Waals surface area contributed by atoms with Crippen LogP contribution in [0.1, 0.15) is 11.1 Å². The fourth-order valence-corrected chi connectivity index (χ4v) is 3.63. The van der Waals surface area contributed by atoms with Crippen LogP contribution < -0.4 is 0 Å². The van der Waals surface area contributed by atoms with Gasteiger partial charge in [-0.05, 0) is 47.2 Å². The molecule has 3 rings (SSSR count). The van der Waals surface area contributed by atoms with Gasteiger partial charge in [0.1, 0.15) is 0 Å². The van der Waals surface area contributed by atoms with Gasteiger partial charge in [0.25, 0.3) is 11.1 Å². The lowest BCUT2D eigenvalue weighted by Crippen LogP contribution is -2.27. The molecule has 3 nitrogen and oxygen atoms in total. The lowest BCUT2D eigenvalue weighted by atomic mass is 10.2. The minimum absolute atomic E-state index is 0.181. The zero-order valence-corrected chi connectivity index (χ0v) is 15.0. The molecule has 2 amide bonds. The van der Waals surface area contributed by atoms with Crippen molar-refractivity contribution in [2.45, 2.75) is 6.54 Å². The molecule has 1 aliphatic heterocycles. The maximum absolute atomic E-state index is 12.5. The summed E-state index contributed by atoms with van der Waals surface area (Å²) in [7, 11) is 0. The molecular weight excluding hydrogens is 398 g/mol. The van der Waals surface area contributed by atoms with Crippen LogP contribution in [0.4, 0.5) is 4.79 Å². The summed E-state index contributed by atoms with van der Waals surface area (Å²) in [4.78, 5) is 26.3.